The fourth-order valence-corrected chi connectivity index (χ4v) is 5.57. The van der Waals surface area contributed by atoms with E-state index in [1.54, 1.807) is 0 Å². The second-order valence-electron chi connectivity index (χ2n) is 12.5. The lowest BCUT2D eigenvalue weighted by molar-refractivity contribution is -0.988. The van der Waals surface area contributed by atoms with E-state index in [0.29, 0.717) is 0 Å². The molecule has 0 heterocycles. The maximum absolute atomic E-state index is 14.8. The maximum Gasteiger partial charge on any atom is 0.864 e. The average Bonchev–Trinajstić information content (AvgIpc) is 3.04. The number of alkyl halides is 18. The first-order valence-corrected chi connectivity index (χ1v) is 16.0. The summed E-state index contributed by atoms with van der Waals surface area (Å²) in [5, 5.41) is 0. The number of hydrogen-bond acceptors (Lipinski definition) is 4. The first-order valence-electron chi connectivity index (χ1n) is 16.0. The molecule has 0 spiro atoms. The summed E-state index contributed by atoms with van der Waals surface area (Å²) in [7, 11) is -2.06. The van der Waals surface area contributed by atoms with Gasteiger partial charge in [0.05, 0.1) is 65.7 Å². The Bertz CT molecular complexity index is 1740. The number of nitrogens with zero attached hydrogens (tertiary/aromatic N) is 1. The molecule has 1 unspecified atom stereocenters. The van der Waals surface area contributed by atoms with Gasteiger partial charge >= 0.3 is 44.4 Å². The molecule has 0 N–H and O–H groups in total. The second kappa shape index (κ2) is 15.9. The van der Waals surface area contributed by atoms with E-state index in [1.165, 1.54) is 27.8 Å². The minimum atomic E-state index is -5.73. The van der Waals surface area contributed by atoms with Crippen LogP contribution in [0.2, 0.25) is 0 Å². The first kappa shape index (κ1) is 47.2. The summed E-state index contributed by atoms with van der Waals surface area (Å²) in [6.45, 7) is 4.32. The van der Waals surface area contributed by atoms with Gasteiger partial charge in [-0.2, -0.15) is 79.0 Å². The van der Waals surface area contributed by atoms with Crippen molar-refractivity contribution in [3.05, 3.63) is 87.5 Å². The summed E-state index contributed by atoms with van der Waals surface area (Å²) < 4.78 is 272. The van der Waals surface area contributed by atoms with Crippen LogP contribution in [0.5, 0.6) is 17.2 Å². The molecule has 3 aromatic carbocycles. The van der Waals surface area contributed by atoms with Gasteiger partial charge in [0.1, 0.15) is 17.2 Å². The minimum Gasteiger partial charge on any atom is -0.490 e. The monoisotopic (exact) mass is 856 g/mol. The fraction of sp³-hybridized carbons (Fsp3) is 0.455. The lowest BCUT2D eigenvalue weighted by atomic mass is 9.90. The van der Waals surface area contributed by atoms with Crippen molar-refractivity contribution in [3.63, 3.8) is 0 Å². The number of rotatable bonds is 12. The highest BCUT2D eigenvalue weighted by molar-refractivity contribution is 6.39. The number of benzene rings is 3. The molecule has 0 saturated carbocycles. The average molecular weight is 856 g/mol. The summed E-state index contributed by atoms with van der Waals surface area (Å²) in [5.41, 5.74) is -16.5. The van der Waals surface area contributed by atoms with Crippen molar-refractivity contribution in [2.75, 3.05) is 26.7 Å². The topological polar surface area (TPSA) is 36.9 Å². The summed E-state index contributed by atoms with van der Waals surface area (Å²) >= 11 is 0. The zero-order chi connectivity index (χ0) is 44.0. The zero-order valence-corrected chi connectivity index (χ0v) is 29.7. The lowest BCUT2D eigenvalue weighted by Crippen LogP contribution is -2.60. The van der Waals surface area contributed by atoms with Crippen LogP contribution in [0.4, 0.5) is 79.0 Å². The van der Waals surface area contributed by atoms with Crippen LogP contribution in [0, 0.1) is 0 Å². The van der Waals surface area contributed by atoms with Gasteiger partial charge < -0.3 is 18.7 Å². The predicted molar refractivity (Wildman–Crippen MR) is 163 cm³/mol. The molecule has 3 rings (SSSR count). The van der Waals surface area contributed by atoms with E-state index in [9.17, 15) is 79.0 Å². The molecule has 0 bridgehead atoms. The van der Waals surface area contributed by atoms with Gasteiger partial charge in [-0.05, 0) is 69.3 Å². The lowest BCUT2D eigenvalue weighted by Gasteiger charge is -2.48. The van der Waals surface area contributed by atoms with E-state index in [2.05, 4.69) is 0 Å². The van der Waals surface area contributed by atoms with E-state index in [-0.39, 0.29) is 49.5 Å². The van der Waals surface area contributed by atoms with Crippen LogP contribution >= 0.6 is 0 Å². The molecule has 1 atom stereocenters. The number of hydrogen-bond donors (Lipinski definition) is 0. The van der Waals surface area contributed by atoms with E-state index >= 15 is 0 Å². The van der Waals surface area contributed by atoms with E-state index in [1.807, 2.05) is 0 Å². The highest BCUT2D eigenvalue weighted by Gasteiger charge is 2.54. The SMILES string of the molecule is CCOC(C)(c1c(OB(Oc2cc(C(F)(F)F)cc(C(F)(F)F)c2)Oc2cc(C(F)(F)F)cc(C(F)(F)F)c2)cc(C(F)(F)F)cc1C(F)(F)F)[N+](C)(CC)CC. The third-order valence-electron chi connectivity index (χ3n) is 8.86. The Morgan fingerprint density at radius 2 is 0.807 bits per heavy atom. The first-order chi connectivity index (χ1) is 25.6. The molecule has 0 aliphatic heterocycles. The Hall–Kier alpha value is -4.22. The Balaban J connectivity index is 2.54. The molecule has 0 saturated heterocycles. The van der Waals surface area contributed by atoms with Crippen molar-refractivity contribution in [3.8, 4) is 17.2 Å². The van der Waals surface area contributed by atoms with Crippen molar-refractivity contribution in [2.45, 2.75) is 70.5 Å². The van der Waals surface area contributed by atoms with E-state index in [0.717, 1.165) is 6.92 Å². The standard InChI is InChI=1S/C33H29BF18NO4/c1-6-53(5,7-2)27(4,54-8-3)26-24(33(50,51)52)15-21(32(47,48)49)16-25(26)57-34(55-22-11-17(28(35,36)37)9-18(12-22)29(38,39)40)56-23-13-19(30(41,42)43)10-20(14-23)31(44,45)46/h9-16H,6-8H2,1-5H3/q+1. The fourth-order valence-electron chi connectivity index (χ4n) is 5.57. The summed E-state index contributed by atoms with van der Waals surface area (Å²) in [5.74, 6) is -4.86. The summed E-state index contributed by atoms with van der Waals surface area (Å²) in [6, 6.07) is -2.13. The quantitative estimate of drug-likeness (QED) is 0.0787. The molecule has 0 aromatic heterocycles. The van der Waals surface area contributed by atoms with Crippen LogP contribution in [0.3, 0.4) is 0 Å². The van der Waals surface area contributed by atoms with Gasteiger partial charge in [-0.3, -0.25) is 4.48 Å². The summed E-state index contributed by atoms with van der Waals surface area (Å²) in [6.07, 6.45) is -33.8. The van der Waals surface area contributed by atoms with Crippen molar-refractivity contribution in [1.29, 1.82) is 0 Å². The Morgan fingerprint density at radius 1 is 0.474 bits per heavy atom. The summed E-state index contributed by atoms with van der Waals surface area (Å²) in [4.78, 5) is 0. The van der Waals surface area contributed by atoms with Gasteiger partial charge in [0, 0.05) is 6.92 Å². The van der Waals surface area contributed by atoms with Crippen molar-refractivity contribution >= 4 is 7.32 Å². The van der Waals surface area contributed by atoms with Gasteiger partial charge in [-0.1, -0.05) is 0 Å². The molecule has 0 aliphatic rings. The number of quaternary nitrogens is 1. The Labute approximate surface area is 311 Å². The highest BCUT2D eigenvalue weighted by Crippen LogP contribution is 2.50. The largest absolute Gasteiger partial charge is 0.864 e. The maximum atomic E-state index is 14.8. The molecule has 0 fully saturated rings. The molecule has 57 heavy (non-hydrogen) atoms. The molecule has 0 radical (unpaired) electrons. The van der Waals surface area contributed by atoms with Crippen LogP contribution < -0.4 is 14.0 Å². The van der Waals surface area contributed by atoms with Gasteiger partial charge in [0.25, 0.3) is 0 Å². The minimum absolute atomic E-state index is 0.127. The van der Waals surface area contributed by atoms with Crippen LogP contribution in [0.15, 0.2) is 48.5 Å². The van der Waals surface area contributed by atoms with Crippen LogP contribution in [0.1, 0.15) is 66.6 Å². The van der Waals surface area contributed by atoms with Gasteiger partial charge in [0.2, 0.25) is 5.72 Å². The molecule has 24 heteroatoms. The number of halogens is 18. The Kier molecular flexibility index (Phi) is 13.1. The van der Waals surface area contributed by atoms with E-state index in [4.69, 9.17) is 18.7 Å². The third kappa shape index (κ3) is 10.8. The van der Waals surface area contributed by atoms with E-state index < -0.39 is 130 Å². The van der Waals surface area contributed by atoms with Gasteiger partial charge in [-0.25, -0.2) is 0 Å². The molecule has 5 nitrogen and oxygen atoms in total. The zero-order valence-electron chi connectivity index (χ0n) is 29.7. The second-order valence-corrected chi connectivity index (χ2v) is 12.5. The smallest absolute Gasteiger partial charge is 0.490 e. The third-order valence-corrected chi connectivity index (χ3v) is 8.86. The molecular formula is C33H29BF18NO4+. The van der Waals surface area contributed by atoms with Crippen molar-refractivity contribution in [2.24, 2.45) is 0 Å². The molecule has 0 aliphatic carbocycles. The van der Waals surface area contributed by atoms with Gasteiger partial charge in [-0.15, -0.1) is 0 Å². The highest BCUT2D eigenvalue weighted by atomic mass is 19.4. The predicted octanol–water partition coefficient (Wildman–Crippen LogP) is 12.0. The van der Waals surface area contributed by atoms with Crippen molar-refractivity contribution < 1.29 is 102 Å². The number of ether oxygens (including phenoxy) is 1. The molecular weight excluding hydrogens is 827 g/mol. The molecule has 0 amide bonds. The van der Waals surface area contributed by atoms with Crippen LogP contribution in [-0.4, -0.2) is 38.5 Å². The normalized spacial score (nSPS) is 14.6. The van der Waals surface area contributed by atoms with Crippen molar-refractivity contribution in [1.82, 2.24) is 0 Å². The Morgan fingerprint density at radius 3 is 1.09 bits per heavy atom. The molecule has 318 valence electrons. The molecule has 3 aromatic rings. The van der Waals surface area contributed by atoms with Crippen LogP contribution in [0.25, 0.3) is 0 Å². The van der Waals surface area contributed by atoms with Crippen LogP contribution in [-0.2, 0) is 47.5 Å². The van der Waals surface area contributed by atoms with Gasteiger partial charge in [0.15, 0.2) is 0 Å².